The van der Waals surface area contributed by atoms with E-state index < -0.39 is 17.8 Å². The van der Waals surface area contributed by atoms with Gasteiger partial charge in [0.1, 0.15) is 10.8 Å². The van der Waals surface area contributed by atoms with E-state index in [0.717, 1.165) is 36.1 Å². The number of furan rings is 1. The highest BCUT2D eigenvalue weighted by Crippen LogP contribution is 2.49. The first-order valence-electron chi connectivity index (χ1n) is 10.7. The van der Waals surface area contributed by atoms with Gasteiger partial charge in [-0.15, -0.1) is 11.3 Å². The molecule has 0 radical (unpaired) electrons. The number of thiophene rings is 1. The summed E-state index contributed by atoms with van der Waals surface area (Å²) in [4.78, 5) is 39.2. The molecule has 162 valence electrons. The van der Waals surface area contributed by atoms with Crippen LogP contribution >= 0.6 is 11.3 Å². The van der Waals surface area contributed by atoms with E-state index in [1.54, 1.807) is 18.4 Å². The van der Waals surface area contributed by atoms with Crippen LogP contribution in [0.1, 0.15) is 45.8 Å². The minimum atomic E-state index is -0.932. The molecule has 1 fully saturated rings. The zero-order valence-electron chi connectivity index (χ0n) is 16.9. The van der Waals surface area contributed by atoms with Crippen molar-refractivity contribution in [3.8, 4) is 0 Å². The number of nitrogens with one attached hydrogen (secondary N) is 2. The Balaban J connectivity index is 1.40. The smallest absolute Gasteiger partial charge is 0.307 e. The molecule has 3 aliphatic carbocycles. The van der Waals surface area contributed by atoms with E-state index >= 15 is 0 Å². The molecule has 0 unspecified atom stereocenters. The fourth-order valence-electron chi connectivity index (χ4n) is 5.27. The second kappa shape index (κ2) is 8.00. The summed E-state index contributed by atoms with van der Waals surface area (Å²) in [5.41, 5.74) is 1.52. The highest BCUT2D eigenvalue weighted by Gasteiger charge is 2.51. The van der Waals surface area contributed by atoms with Crippen molar-refractivity contribution in [1.29, 1.82) is 0 Å². The van der Waals surface area contributed by atoms with Crippen molar-refractivity contribution in [3.63, 3.8) is 0 Å². The molecule has 4 atom stereocenters. The SMILES string of the molecule is O=C(NCc1ccco1)c1c(NC(=O)[C@H]2[C@@H](C(=O)O)[C@H]3C=C[C@@H]2C3)sc2c1CCCC2. The normalized spacial score (nSPS) is 25.9. The first kappa shape index (κ1) is 20.1. The summed E-state index contributed by atoms with van der Waals surface area (Å²) in [5, 5.41) is 16.0. The molecular weight excluding hydrogens is 416 g/mol. The van der Waals surface area contributed by atoms with Gasteiger partial charge in [0.05, 0.1) is 30.2 Å². The van der Waals surface area contributed by atoms with Crippen LogP contribution in [-0.4, -0.2) is 22.9 Å². The highest BCUT2D eigenvalue weighted by atomic mass is 32.1. The van der Waals surface area contributed by atoms with Gasteiger partial charge in [-0.05, 0) is 61.6 Å². The Labute approximate surface area is 183 Å². The number of carboxylic acids is 1. The van der Waals surface area contributed by atoms with Gasteiger partial charge >= 0.3 is 5.97 Å². The molecule has 3 aliphatic rings. The average Bonchev–Trinajstić information content (AvgIpc) is 3.54. The van der Waals surface area contributed by atoms with Gasteiger partial charge in [-0.25, -0.2) is 0 Å². The number of allylic oxidation sites excluding steroid dienone is 2. The van der Waals surface area contributed by atoms with Gasteiger partial charge in [-0.2, -0.15) is 0 Å². The second-order valence-electron chi connectivity index (χ2n) is 8.50. The van der Waals surface area contributed by atoms with Crippen molar-refractivity contribution >= 4 is 34.1 Å². The summed E-state index contributed by atoms with van der Waals surface area (Å²) in [6, 6.07) is 3.56. The van der Waals surface area contributed by atoms with Crippen LogP contribution in [0, 0.1) is 23.7 Å². The Morgan fingerprint density at radius 1 is 1.13 bits per heavy atom. The number of fused-ring (bicyclic) bond motifs is 3. The van der Waals surface area contributed by atoms with Crippen LogP contribution in [0.4, 0.5) is 5.00 Å². The lowest BCUT2D eigenvalue weighted by molar-refractivity contribution is -0.146. The van der Waals surface area contributed by atoms with Crippen LogP contribution in [-0.2, 0) is 29.0 Å². The molecule has 0 spiro atoms. The van der Waals surface area contributed by atoms with Crippen LogP contribution < -0.4 is 10.6 Å². The van der Waals surface area contributed by atoms with Crippen LogP contribution in [0.2, 0.25) is 0 Å². The summed E-state index contributed by atoms with van der Waals surface area (Å²) >= 11 is 1.45. The molecule has 3 N–H and O–H groups in total. The van der Waals surface area contributed by atoms with E-state index in [1.807, 2.05) is 12.2 Å². The Hall–Kier alpha value is -2.87. The highest BCUT2D eigenvalue weighted by molar-refractivity contribution is 7.17. The van der Waals surface area contributed by atoms with Gasteiger partial charge in [0, 0.05) is 4.88 Å². The first-order chi connectivity index (χ1) is 15.0. The molecule has 1 saturated carbocycles. The van der Waals surface area contributed by atoms with Crippen LogP contribution in [0.15, 0.2) is 35.0 Å². The van der Waals surface area contributed by atoms with E-state index in [0.29, 0.717) is 22.7 Å². The summed E-state index contributed by atoms with van der Waals surface area (Å²) in [6.07, 6.45) is 9.91. The van der Waals surface area contributed by atoms with Crippen molar-refractivity contribution in [2.24, 2.45) is 23.7 Å². The number of rotatable bonds is 6. The third kappa shape index (κ3) is 3.59. The molecule has 8 heteroatoms. The molecule has 0 aromatic carbocycles. The van der Waals surface area contributed by atoms with Gasteiger partial charge in [0.2, 0.25) is 5.91 Å². The number of aryl methyl sites for hydroxylation is 1. The fourth-order valence-corrected chi connectivity index (χ4v) is 6.56. The number of carbonyl (C=O) groups excluding carboxylic acids is 2. The molecule has 0 aliphatic heterocycles. The minimum absolute atomic E-state index is 0.0584. The van der Waals surface area contributed by atoms with Crippen molar-refractivity contribution in [2.75, 3.05) is 5.32 Å². The van der Waals surface area contributed by atoms with Gasteiger partial charge in [-0.1, -0.05) is 12.2 Å². The fraction of sp³-hybridized carbons (Fsp3) is 0.435. The van der Waals surface area contributed by atoms with E-state index in [1.165, 1.54) is 11.3 Å². The molecule has 31 heavy (non-hydrogen) atoms. The molecular formula is C23H24N2O5S. The monoisotopic (exact) mass is 440 g/mol. The lowest BCUT2D eigenvalue weighted by Crippen LogP contribution is -2.36. The zero-order chi connectivity index (χ0) is 21.5. The van der Waals surface area contributed by atoms with Gasteiger partial charge in [-0.3, -0.25) is 14.4 Å². The Kier molecular flexibility index (Phi) is 5.17. The third-order valence-electron chi connectivity index (χ3n) is 6.69. The third-order valence-corrected chi connectivity index (χ3v) is 7.89. The van der Waals surface area contributed by atoms with Gasteiger partial charge in [0.15, 0.2) is 0 Å². The predicted molar refractivity (Wildman–Crippen MR) is 115 cm³/mol. The molecule has 0 saturated heterocycles. The Morgan fingerprint density at radius 3 is 2.65 bits per heavy atom. The largest absolute Gasteiger partial charge is 0.481 e. The quantitative estimate of drug-likeness (QED) is 0.595. The number of amides is 2. The van der Waals surface area contributed by atoms with Crippen LogP contribution in [0.3, 0.4) is 0 Å². The lowest BCUT2D eigenvalue weighted by Gasteiger charge is -2.23. The van der Waals surface area contributed by atoms with Crippen molar-refractivity contribution in [3.05, 3.63) is 52.3 Å². The van der Waals surface area contributed by atoms with Crippen molar-refractivity contribution < 1.29 is 23.9 Å². The molecule has 5 rings (SSSR count). The van der Waals surface area contributed by atoms with Crippen molar-refractivity contribution in [2.45, 2.75) is 38.6 Å². The zero-order valence-corrected chi connectivity index (χ0v) is 17.7. The van der Waals surface area contributed by atoms with Gasteiger partial charge in [0.25, 0.3) is 5.91 Å². The Bertz CT molecular complexity index is 1050. The standard InChI is InChI=1S/C23H24N2O5S/c26-20(24-11-14-4-3-9-30-14)19-15-5-1-2-6-16(15)31-22(19)25-21(27)17-12-7-8-13(10-12)18(17)23(28)29/h3-4,7-9,12-13,17-18H,1-2,5-6,10-11H2,(H,24,26)(H,25,27)(H,28,29)/t12-,13+,17-,18+/m1/s1. The van der Waals surface area contributed by atoms with Crippen LogP contribution in [0.5, 0.6) is 0 Å². The summed E-state index contributed by atoms with van der Waals surface area (Å²) < 4.78 is 5.29. The van der Waals surface area contributed by atoms with E-state index in [9.17, 15) is 19.5 Å². The number of hydrogen-bond acceptors (Lipinski definition) is 5. The summed E-state index contributed by atoms with van der Waals surface area (Å²) in [6.45, 7) is 0.266. The van der Waals surface area contributed by atoms with Crippen molar-refractivity contribution in [1.82, 2.24) is 5.32 Å². The average molecular weight is 441 g/mol. The Morgan fingerprint density at radius 2 is 1.90 bits per heavy atom. The van der Waals surface area contributed by atoms with E-state index in [-0.39, 0.29) is 30.2 Å². The lowest BCUT2D eigenvalue weighted by atomic mass is 9.82. The van der Waals surface area contributed by atoms with Crippen LogP contribution in [0.25, 0.3) is 0 Å². The molecule has 2 heterocycles. The van der Waals surface area contributed by atoms with Gasteiger partial charge < -0.3 is 20.2 Å². The summed E-state index contributed by atoms with van der Waals surface area (Å²) in [7, 11) is 0. The topological polar surface area (TPSA) is 109 Å². The number of anilines is 1. The summed E-state index contributed by atoms with van der Waals surface area (Å²) in [5.74, 6) is -2.29. The molecule has 2 aromatic rings. The maximum atomic E-state index is 13.2. The number of carbonyl (C=O) groups is 3. The second-order valence-corrected chi connectivity index (χ2v) is 9.61. The predicted octanol–water partition coefficient (Wildman–Crippen LogP) is 3.61. The number of aliphatic carboxylic acids is 1. The van der Waals surface area contributed by atoms with E-state index in [2.05, 4.69) is 10.6 Å². The minimum Gasteiger partial charge on any atom is -0.481 e. The number of hydrogen-bond donors (Lipinski definition) is 3. The van der Waals surface area contributed by atoms with E-state index in [4.69, 9.17) is 4.42 Å². The maximum absolute atomic E-state index is 13.2. The molecule has 2 aromatic heterocycles. The molecule has 2 amide bonds. The molecule has 2 bridgehead atoms. The molecule has 7 nitrogen and oxygen atoms in total. The number of carboxylic acid groups (broad SMARTS) is 1. The maximum Gasteiger partial charge on any atom is 0.307 e. The first-order valence-corrected chi connectivity index (χ1v) is 11.5.